The number of ether oxygens (including phenoxy) is 1. The second-order valence-corrected chi connectivity index (χ2v) is 6.77. The summed E-state index contributed by atoms with van der Waals surface area (Å²) in [5, 5.41) is 0. The van der Waals surface area contributed by atoms with Gasteiger partial charge in [-0.15, -0.1) is 0 Å². The summed E-state index contributed by atoms with van der Waals surface area (Å²) in [6.45, 7) is 10.8. The Labute approximate surface area is 126 Å². The summed E-state index contributed by atoms with van der Waals surface area (Å²) < 4.78 is 7.54. The first-order valence-corrected chi connectivity index (χ1v) is 7.41. The Hall–Kier alpha value is -1.56. The van der Waals surface area contributed by atoms with Crippen LogP contribution in [0.2, 0.25) is 0 Å². The van der Waals surface area contributed by atoms with Gasteiger partial charge in [-0.3, -0.25) is 4.90 Å². The molecule has 1 aliphatic heterocycles. The number of amides is 1. The fraction of sp³-hybridized carbons (Fsp3) is 0.733. The van der Waals surface area contributed by atoms with E-state index in [2.05, 4.69) is 21.5 Å². The van der Waals surface area contributed by atoms with Crippen LogP contribution < -0.4 is 0 Å². The number of rotatable bonds is 2. The van der Waals surface area contributed by atoms with Gasteiger partial charge in [-0.2, -0.15) is 0 Å². The van der Waals surface area contributed by atoms with E-state index in [-0.39, 0.29) is 12.1 Å². The zero-order valence-electron chi connectivity index (χ0n) is 13.7. The molecule has 0 bridgehead atoms. The molecule has 1 saturated heterocycles. The molecule has 2 heterocycles. The van der Waals surface area contributed by atoms with Crippen molar-refractivity contribution in [2.45, 2.75) is 45.9 Å². The average molecular weight is 294 g/mol. The lowest BCUT2D eigenvalue weighted by Crippen LogP contribution is -2.55. The third-order valence-corrected chi connectivity index (χ3v) is 3.61. The Kier molecular flexibility index (Phi) is 4.56. The number of aryl methyl sites for hydroxylation is 1. The number of imidazole rings is 1. The largest absolute Gasteiger partial charge is 0.444 e. The minimum Gasteiger partial charge on any atom is -0.444 e. The van der Waals surface area contributed by atoms with Crippen LogP contribution in [-0.2, 0) is 11.3 Å². The first kappa shape index (κ1) is 15.8. The highest BCUT2D eigenvalue weighted by Gasteiger charge is 2.30. The highest BCUT2D eigenvalue weighted by molar-refractivity contribution is 5.68. The maximum Gasteiger partial charge on any atom is 0.410 e. The molecule has 2 rings (SSSR count). The third kappa shape index (κ3) is 4.46. The molecule has 1 atom stereocenters. The van der Waals surface area contributed by atoms with Gasteiger partial charge in [0, 0.05) is 38.4 Å². The minimum absolute atomic E-state index is 0.220. The Morgan fingerprint density at radius 2 is 2.14 bits per heavy atom. The highest BCUT2D eigenvalue weighted by Crippen LogP contribution is 2.15. The van der Waals surface area contributed by atoms with Gasteiger partial charge in [0.05, 0.1) is 12.0 Å². The molecule has 0 aromatic carbocycles. The average Bonchev–Trinajstić information content (AvgIpc) is 2.75. The molecular formula is C15H26N4O2. The predicted molar refractivity (Wildman–Crippen MR) is 81.2 cm³/mol. The van der Waals surface area contributed by atoms with Crippen molar-refractivity contribution in [2.75, 3.05) is 26.7 Å². The summed E-state index contributed by atoms with van der Waals surface area (Å²) in [4.78, 5) is 20.5. The van der Waals surface area contributed by atoms with E-state index in [9.17, 15) is 4.79 Å². The number of likely N-dealkylation sites (N-methyl/N-ethyl adjacent to an activating group) is 1. The van der Waals surface area contributed by atoms with Crippen LogP contribution in [0.25, 0.3) is 0 Å². The summed E-state index contributed by atoms with van der Waals surface area (Å²) >= 11 is 0. The van der Waals surface area contributed by atoms with Crippen LogP contribution in [0.1, 0.15) is 26.5 Å². The van der Waals surface area contributed by atoms with E-state index >= 15 is 0 Å². The maximum absolute atomic E-state index is 12.2. The van der Waals surface area contributed by atoms with Crippen LogP contribution in [0, 0.1) is 6.92 Å². The molecule has 0 spiro atoms. The van der Waals surface area contributed by atoms with E-state index in [1.807, 2.05) is 40.2 Å². The van der Waals surface area contributed by atoms with Gasteiger partial charge in [0.1, 0.15) is 5.60 Å². The Morgan fingerprint density at radius 3 is 2.71 bits per heavy atom. The number of hydrogen-bond acceptors (Lipinski definition) is 4. The standard InChI is InChI=1S/C15H26N4O2/c1-12-8-18(11-16-12)9-13-10-19(7-6-17(13)5)14(20)21-15(2,3)4/h8,11,13H,6-7,9-10H2,1-5H3/t13-/m0/s1. The van der Waals surface area contributed by atoms with Gasteiger partial charge in [-0.1, -0.05) is 0 Å². The molecule has 21 heavy (non-hydrogen) atoms. The smallest absolute Gasteiger partial charge is 0.410 e. The number of hydrogen-bond donors (Lipinski definition) is 0. The second kappa shape index (κ2) is 6.05. The minimum atomic E-state index is -0.447. The lowest BCUT2D eigenvalue weighted by molar-refractivity contribution is 0.00590. The van der Waals surface area contributed by atoms with E-state index in [1.165, 1.54) is 0 Å². The Balaban J connectivity index is 1.97. The molecule has 0 aliphatic carbocycles. The monoisotopic (exact) mass is 294 g/mol. The normalized spacial score (nSPS) is 20.6. The molecule has 1 amide bonds. The molecule has 0 radical (unpaired) electrons. The summed E-state index contributed by atoms with van der Waals surface area (Å²) in [7, 11) is 2.10. The topological polar surface area (TPSA) is 50.6 Å². The molecular weight excluding hydrogens is 268 g/mol. The lowest BCUT2D eigenvalue weighted by atomic mass is 10.1. The van der Waals surface area contributed by atoms with Crippen molar-refractivity contribution in [3.63, 3.8) is 0 Å². The quantitative estimate of drug-likeness (QED) is 0.834. The first-order chi connectivity index (χ1) is 9.74. The fourth-order valence-electron chi connectivity index (χ4n) is 2.45. The van der Waals surface area contributed by atoms with E-state index < -0.39 is 5.60 Å². The second-order valence-electron chi connectivity index (χ2n) is 6.77. The molecule has 6 heteroatoms. The molecule has 0 unspecified atom stereocenters. The van der Waals surface area contributed by atoms with E-state index in [0.29, 0.717) is 13.1 Å². The summed E-state index contributed by atoms with van der Waals surface area (Å²) in [6.07, 6.45) is 3.65. The lowest BCUT2D eigenvalue weighted by Gasteiger charge is -2.39. The molecule has 118 valence electrons. The van der Waals surface area contributed by atoms with Gasteiger partial charge < -0.3 is 14.2 Å². The van der Waals surface area contributed by atoms with Crippen molar-refractivity contribution in [1.82, 2.24) is 19.4 Å². The van der Waals surface area contributed by atoms with Gasteiger partial charge in [-0.25, -0.2) is 9.78 Å². The van der Waals surface area contributed by atoms with Crippen molar-refractivity contribution in [2.24, 2.45) is 0 Å². The third-order valence-electron chi connectivity index (χ3n) is 3.61. The van der Waals surface area contributed by atoms with Crippen LogP contribution in [0.15, 0.2) is 12.5 Å². The highest BCUT2D eigenvalue weighted by atomic mass is 16.6. The van der Waals surface area contributed by atoms with Gasteiger partial charge in [0.25, 0.3) is 0 Å². The van der Waals surface area contributed by atoms with E-state index in [1.54, 1.807) is 4.90 Å². The Bertz CT molecular complexity index is 492. The number of piperazine rings is 1. The summed E-state index contributed by atoms with van der Waals surface area (Å²) in [6, 6.07) is 0.278. The zero-order valence-corrected chi connectivity index (χ0v) is 13.7. The number of carbonyl (C=O) groups excluding carboxylic acids is 1. The summed E-state index contributed by atoms with van der Waals surface area (Å²) in [5.41, 5.74) is 0.565. The van der Waals surface area contributed by atoms with Gasteiger partial charge >= 0.3 is 6.09 Å². The first-order valence-electron chi connectivity index (χ1n) is 7.41. The van der Waals surface area contributed by atoms with Crippen LogP contribution in [0.3, 0.4) is 0 Å². The van der Waals surface area contributed by atoms with Crippen LogP contribution in [0.4, 0.5) is 4.79 Å². The molecule has 1 fully saturated rings. The molecule has 0 saturated carbocycles. The fourth-order valence-corrected chi connectivity index (χ4v) is 2.45. The molecule has 1 aromatic rings. The predicted octanol–water partition coefficient (Wildman–Crippen LogP) is 1.74. The Morgan fingerprint density at radius 1 is 1.43 bits per heavy atom. The van der Waals surface area contributed by atoms with Gasteiger partial charge in [0.2, 0.25) is 0 Å². The van der Waals surface area contributed by atoms with Gasteiger partial charge in [0.15, 0.2) is 0 Å². The van der Waals surface area contributed by atoms with Crippen molar-refractivity contribution in [3.8, 4) is 0 Å². The van der Waals surface area contributed by atoms with Crippen molar-refractivity contribution in [1.29, 1.82) is 0 Å². The van der Waals surface area contributed by atoms with Crippen molar-refractivity contribution >= 4 is 6.09 Å². The van der Waals surface area contributed by atoms with Gasteiger partial charge in [-0.05, 0) is 34.7 Å². The van der Waals surface area contributed by atoms with Crippen molar-refractivity contribution in [3.05, 3.63) is 18.2 Å². The molecule has 0 N–H and O–H groups in total. The maximum atomic E-state index is 12.2. The number of aromatic nitrogens is 2. The van der Waals surface area contributed by atoms with E-state index in [0.717, 1.165) is 18.8 Å². The number of carbonyl (C=O) groups is 1. The van der Waals surface area contributed by atoms with Crippen molar-refractivity contribution < 1.29 is 9.53 Å². The van der Waals surface area contributed by atoms with Crippen LogP contribution in [-0.4, -0.2) is 63.8 Å². The molecule has 1 aliphatic rings. The summed E-state index contributed by atoms with van der Waals surface area (Å²) in [5.74, 6) is 0. The molecule has 6 nitrogen and oxygen atoms in total. The van der Waals surface area contributed by atoms with Crippen LogP contribution >= 0.6 is 0 Å². The van der Waals surface area contributed by atoms with Crippen LogP contribution in [0.5, 0.6) is 0 Å². The van der Waals surface area contributed by atoms with E-state index in [4.69, 9.17) is 4.74 Å². The number of nitrogens with zero attached hydrogens (tertiary/aromatic N) is 4. The zero-order chi connectivity index (χ0) is 15.6. The molecule has 1 aromatic heterocycles. The SMILES string of the molecule is Cc1cn(C[C@H]2CN(C(=O)OC(C)(C)C)CCN2C)cn1.